The molecule has 1 aliphatic rings. The predicted molar refractivity (Wildman–Crippen MR) is 65.4 cm³/mol. The molecule has 3 heteroatoms. The summed E-state index contributed by atoms with van der Waals surface area (Å²) < 4.78 is 0.841. The molecule has 0 spiro atoms. The maximum absolute atomic E-state index is 3.83. The van der Waals surface area contributed by atoms with E-state index in [9.17, 15) is 0 Å². The van der Waals surface area contributed by atoms with Gasteiger partial charge in [0.2, 0.25) is 0 Å². The molecule has 0 radical (unpaired) electrons. The summed E-state index contributed by atoms with van der Waals surface area (Å²) in [5.74, 6) is 0. The standard InChI is InChI=1S/C12H26N3/c1-5-11-8-9-12(14-11)7-6-10-13-15(2,3)4/h5,11-14H,1,6-10H2,2-4H3/q+1. The summed E-state index contributed by atoms with van der Waals surface area (Å²) >= 11 is 0. The highest BCUT2D eigenvalue weighted by atomic mass is 15.6. The highest BCUT2D eigenvalue weighted by Crippen LogP contribution is 2.16. The van der Waals surface area contributed by atoms with Gasteiger partial charge in [0, 0.05) is 18.6 Å². The van der Waals surface area contributed by atoms with E-state index in [1.165, 1.54) is 25.7 Å². The fraction of sp³-hybridized carbons (Fsp3) is 0.833. The van der Waals surface area contributed by atoms with Crippen molar-refractivity contribution in [3.05, 3.63) is 12.7 Å². The van der Waals surface area contributed by atoms with E-state index in [4.69, 9.17) is 0 Å². The molecule has 2 atom stereocenters. The van der Waals surface area contributed by atoms with E-state index in [0.29, 0.717) is 12.1 Å². The Kier molecular flexibility index (Phi) is 4.77. The van der Waals surface area contributed by atoms with Gasteiger partial charge in [0.05, 0.1) is 21.1 Å². The van der Waals surface area contributed by atoms with Crippen LogP contribution >= 0.6 is 0 Å². The average Bonchev–Trinajstić information content (AvgIpc) is 2.59. The lowest BCUT2D eigenvalue weighted by Gasteiger charge is -2.24. The fourth-order valence-electron chi connectivity index (χ4n) is 2.03. The Balaban J connectivity index is 2.04. The van der Waals surface area contributed by atoms with E-state index in [1.807, 2.05) is 6.08 Å². The van der Waals surface area contributed by atoms with E-state index < -0.39 is 0 Å². The van der Waals surface area contributed by atoms with Gasteiger partial charge in [-0.3, -0.25) is 4.59 Å². The minimum Gasteiger partial charge on any atom is -0.308 e. The van der Waals surface area contributed by atoms with Crippen LogP contribution in [-0.2, 0) is 0 Å². The summed E-state index contributed by atoms with van der Waals surface area (Å²) in [5, 5.41) is 3.59. The fourth-order valence-corrected chi connectivity index (χ4v) is 2.03. The molecule has 1 fully saturated rings. The minimum atomic E-state index is 0.557. The summed E-state index contributed by atoms with van der Waals surface area (Å²) in [6, 6.07) is 1.27. The first-order chi connectivity index (χ1) is 7.01. The van der Waals surface area contributed by atoms with Crippen molar-refractivity contribution in [2.75, 3.05) is 27.7 Å². The summed E-state index contributed by atoms with van der Waals surface area (Å²) in [6.07, 6.45) is 7.12. The van der Waals surface area contributed by atoms with Gasteiger partial charge >= 0.3 is 0 Å². The molecule has 0 aromatic carbocycles. The lowest BCUT2D eigenvalue weighted by Crippen LogP contribution is -2.48. The number of hydrogen-bond donors (Lipinski definition) is 2. The molecule has 88 valence electrons. The Hall–Kier alpha value is -0.380. The molecule has 0 aromatic heterocycles. The third-order valence-electron chi connectivity index (χ3n) is 2.88. The normalized spacial score (nSPS) is 26.9. The molecule has 0 bridgehead atoms. The van der Waals surface area contributed by atoms with Gasteiger partial charge in [0.25, 0.3) is 0 Å². The molecular weight excluding hydrogens is 186 g/mol. The van der Waals surface area contributed by atoms with Crippen LogP contribution in [0, 0.1) is 0 Å². The van der Waals surface area contributed by atoms with E-state index in [1.54, 1.807) is 0 Å². The quantitative estimate of drug-likeness (QED) is 0.300. The van der Waals surface area contributed by atoms with Gasteiger partial charge in [-0.2, -0.15) is 5.43 Å². The molecule has 2 N–H and O–H groups in total. The van der Waals surface area contributed by atoms with Crippen molar-refractivity contribution >= 4 is 0 Å². The zero-order valence-electron chi connectivity index (χ0n) is 10.4. The number of hydrogen-bond acceptors (Lipinski definition) is 2. The first kappa shape index (κ1) is 12.7. The highest BCUT2D eigenvalue weighted by molar-refractivity contribution is 4.93. The van der Waals surface area contributed by atoms with Crippen molar-refractivity contribution < 1.29 is 4.59 Å². The third-order valence-corrected chi connectivity index (χ3v) is 2.88. The van der Waals surface area contributed by atoms with Crippen molar-refractivity contribution in [1.29, 1.82) is 0 Å². The SMILES string of the molecule is C=CC1CCC(CCCN[N+](C)(C)C)N1. The molecule has 1 aliphatic heterocycles. The number of nitrogens with zero attached hydrogens (tertiary/aromatic N) is 1. The molecular formula is C12H26N3+. The molecule has 0 saturated carbocycles. The zero-order chi connectivity index (χ0) is 11.3. The van der Waals surface area contributed by atoms with Crippen molar-refractivity contribution in [3.63, 3.8) is 0 Å². The molecule has 0 aliphatic carbocycles. The van der Waals surface area contributed by atoms with Crippen LogP contribution in [0.3, 0.4) is 0 Å². The molecule has 0 aromatic rings. The van der Waals surface area contributed by atoms with Crippen molar-refractivity contribution in [2.45, 2.75) is 37.8 Å². The summed E-state index contributed by atoms with van der Waals surface area (Å²) in [5.41, 5.74) is 3.46. The lowest BCUT2D eigenvalue weighted by atomic mass is 10.1. The molecule has 1 saturated heterocycles. The van der Waals surface area contributed by atoms with Gasteiger partial charge in [0.1, 0.15) is 0 Å². The number of quaternary nitrogens is 1. The van der Waals surface area contributed by atoms with E-state index in [2.05, 4.69) is 38.5 Å². The third kappa shape index (κ3) is 5.30. The number of rotatable bonds is 6. The monoisotopic (exact) mass is 212 g/mol. The van der Waals surface area contributed by atoms with Gasteiger partial charge in [-0.05, 0) is 25.7 Å². The molecule has 3 nitrogen and oxygen atoms in total. The van der Waals surface area contributed by atoms with Crippen LogP contribution < -0.4 is 10.7 Å². The van der Waals surface area contributed by atoms with Crippen molar-refractivity contribution in [3.8, 4) is 0 Å². The van der Waals surface area contributed by atoms with Gasteiger partial charge in [0.15, 0.2) is 0 Å². The van der Waals surface area contributed by atoms with Crippen LogP contribution in [0.1, 0.15) is 25.7 Å². The van der Waals surface area contributed by atoms with Crippen LogP contribution in [-0.4, -0.2) is 44.4 Å². The molecule has 15 heavy (non-hydrogen) atoms. The summed E-state index contributed by atoms with van der Waals surface area (Å²) in [6.45, 7) is 4.93. The van der Waals surface area contributed by atoms with Crippen LogP contribution in [0.5, 0.6) is 0 Å². The summed E-state index contributed by atoms with van der Waals surface area (Å²) in [7, 11) is 6.46. The first-order valence-electron chi connectivity index (χ1n) is 5.96. The second-order valence-electron chi connectivity index (χ2n) is 5.35. The maximum Gasteiger partial charge on any atom is 0.0853 e. The lowest BCUT2D eigenvalue weighted by molar-refractivity contribution is -0.915. The van der Waals surface area contributed by atoms with Gasteiger partial charge < -0.3 is 5.32 Å². The predicted octanol–water partition coefficient (Wildman–Crippen LogP) is 1.28. The highest BCUT2D eigenvalue weighted by Gasteiger charge is 2.20. The minimum absolute atomic E-state index is 0.557. The van der Waals surface area contributed by atoms with Crippen LogP contribution in [0.15, 0.2) is 12.7 Å². The number of nitrogens with one attached hydrogen (secondary N) is 2. The smallest absolute Gasteiger partial charge is 0.0853 e. The molecule has 2 unspecified atom stereocenters. The van der Waals surface area contributed by atoms with Gasteiger partial charge in [-0.1, -0.05) is 6.08 Å². The van der Waals surface area contributed by atoms with Crippen LogP contribution in [0.2, 0.25) is 0 Å². The first-order valence-corrected chi connectivity index (χ1v) is 5.96. The molecule has 1 rings (SSSR count). The Bertz CT molecular complexity index is 196. The van der Waals surface area contributed by atoms with Crippen LogP contribution in [0.4, 0.5) is 0 Å². The van der Waals surface area contributed by atoms with E-state index in [-0.39, 0.29) is 0 Å². The Morgan fingerprint density at radius 2 is 2.13 bits per heavy atom. The Morgan fingerprint density at radius 1 is 1.40 bits per heavy atom. The summed E-state index contributed by atoms with van der Waals surface area (Å²) in [4.78, 5) is 0. The molecule has 0 amide bonds. The average molecular weight is 212 g/mol. The van der Waals surface area contributed by atoms with E-state index >= 15 is 0 Å². The van der Waals surface area contributed by atoms with Gasteiger partial charge in [-0.15, -0.1) is 6.58 Å². The zero-order valence-corrected chi connectivity index (χ0v) is 10.4. The Labute approximate surface area is 94.1 Å². The molecule has 1 heterocycles. The van der Waals surface area contributed by atoms with Crippen molar-refractivity contribution in [2.24, 2.45) is 0 Å². The van der Waals surface area contributed by atoms with Crippen molar-refractivity contribution in [1.82, 2.24) is 10.7 Å². The van der Waals surface area contributed by atoms with E-state index in [0.717, 1.165) is 11.1 Å². The maximum atomic E-state index is 3.83. The van der Waals surface area contributed by atoms with Gasteiger partial charge in [-0.25, -0.2) is 0 Å². The van der Waals surface area contributed by atoms with Crippen LogP contribution in [0.25, 0.3) is 0 Å². The topological polar surface area (TPSA) is 24.1 Å². The Morgan fingerprint density at radius 3 is 2.67 bits per heavy atom. The second-order valence-corrected chi connectivity index (χ2v) is 5.35. The second kappa shape index (κ2) is 5.64. The largest absolute Gasteiger partial charge is 0.308 e.